The van der Waals surface area contributed by atoms with Crippen molar-refractivity contribution < 1.29 is 14.3 Å². The molecule has 18 heavy (non-hydrogen) atoms. The molecular weight excluding hydrogens is 228 g/mol. The number of esters is 1. The van der Waals surface area contributed by atoms with Gasteiger partial charge in [0.1, 0.15) is 0 Å². The average Bonchev–Trinajstić information content (AvgIpc) is 2.38. The second kappa shape index (κ2) is 8.67. The number of hydrogen-bond acceptors (Lipinski definition) is 3. The molecule has 0 amide bonds. The summed E-state index contributed by atoms with van der Waals surface area (Å²) in [4.78, 5) is 22.5. The fourth-order valence-corrected chi connectivity index (χ4v) is 1.81. The molecule has 0 heterocycles. The SMILES string of the molecule is CCCCCCCCOC(=O)C1=CCC(=O)C=C1. The largest absolute Gasteiger partial charge is 0.462 e. The highest BCUT2D eigenvalue weighted by atomic mass is 16.5. The summed E-state index contributed by atoms with van der Waals surface area (Å²) < 4.78 is 5.15. The van der Waals surface area contributed by atoms with Gasteiger partial charge in [0.15, 0.2) is 5.78 Å². The Balaban J connectivity index is 2.07. The van der Waals surface area contributed by atoms with Crippen LogP contribution >= 0.6 is 0 Å². The van der Waals surface area contributed by atoms with Crippen molar-refractivity contribution in [2.75, 3.05) is 6.61 Å². The zero-order valence-electron chi connectivity index (χ0n) is 11.1. The number of carbonyl (C=O) groups is 2. The molecule has 0 radical (unpaired) electrons. The van der Waals surface area contributed by atoms with E-state index in [-0.39, 0.29) is 11.8 Å². The first-order valence-electron chi connectivity index (χ1n) is 6.82. The molecule has 3 nitrogen and oxygen atoms in total. The van der Waals surface area contributed by atoms with Gasteiger partial charge in [-0.25, -0.2) is 4.79 Å². The van der Waals surface area contributed by atoms with E-state index in [1.54, 1.807) is 6.08 Å². The Kier molecular flexibility index (Phi) is 7.07. The quantitative estimate of drug-likeness (QED) is 0.490. The van der Waals surface area contributed by atoms with Gasteiger partial charge in [-0.15, -0.1) is 0 Å². The van der Waals surface area contributed by atoms with Crippen LogP contribution < -0.4 is 0 Å². The fraction of sp³-hybridized carbons (Fsp3) is 0.600. The van der Waals surface area contributed by atoms with Gasteiger partial charge in [0.2, 0.25) is 0 Å². The second-order valence-corrected chi connectivity index (χ2v) is 4.57. The van der Waals surface area contributed by atoms with E-state index in [1.807, 2.05) is 0 Å². The minimum atomic E-state index is -0.313. The average molecular weight is 250 g/mol. The van der Waals surface area contributed by atoms with Crippen molar-refractivity contribution in [3.8, 4) is 0 Å². The Bertz CT molecular complexity index is 340. The first kappa shape index (κ1) is 14.7. The number of ether oxygens (including phenoxy) is 1. The van der Waals surface area contributed by atoms with Crippen molar-refractivity contribution >= 4 is 11.8 Å². The highest BCUT2D eigenvalue weighted by Crippen LogP contribution is 2.10. The van der Waals surface area contributed by atoms with Crippen LogP contribution in [0.4, 0.5) is 0 Å². The van der Waals surface area contributed by atoms with Crippen LogP contribution in [-0.4, -0.2) is 18.4 Å². The zero-order chi connectivity index (χ0) is 13.2. The molecule has 0 saturated carbocycles. The summed E-state index contributed by atoms with van der Waals surface area (Å²) in [6.07, 6.45) is 11.9. The molecule has 100 valence electrons. The molecule has 0 aromatic carbocycles. The van der Waals surface area contributed by atoms with Crippen LogP contribution in [0.5, 0.6) is 0 Å². The van der Waals surface area contributed by atoms with Crippen LogP contribution in [-0.2, 0) is 14.3 Å². The van der Waals surface area contributed by atoms with E-state index in [2.05, 4.69) is 6.92 Å². The van der Waals surface area contributed by atoms with E-state index in [0.717, 1.165) is 12.8 Å². The molecule has 1 rings (SSSR count). The molecule has 1 aliphatic carbocycles. The molecule has 0 aromatic rings. The van der Waals surface area contributed by atoms with Crippen LogP contribution in [0, 0.1) is 0 Å². The molecular formula is C15H22O3. The van der Waals surface area contributed by atoms with Crippen LogP contribution in [0.3, 0.4) is 0 Å². The highest BCUT2D eigenvalue weighted by molar-refractivity contribution is 6.00. The van der Waals surface area contributed by atoms with E-state index in [0.29, 0.717) is 18.6 Å². The third-order valence-electron chi connectivity index (χ3n) is 2.94. The third-order valence-corrected chi connectivity index (χ3v) is 2.94. The van der Waals surface area contributed by atoms with Crippen molar-refractivity contribution in [1.29, 1.82) is 0 Å². The second-order valence-electron chi connectivity index (χ2n) is 4.57. The number of carbonyl (C=O) groups excluding carboxylic acids is 2. The standard InChI is InChI=1S/C15H22O3/c1-2-3-4-5-6-7-12-18-15(17)13-8-10-14(16)11-9-13/h8-10H,2-7,11-12H2,1H3. The minimum absolute atomic E-state index is 0.0301. The van der Waals surface area contributed by atoms with E-state index in [1.165, 1.54) is 37.8 Å². The first-order valence-corrected chi connectivity index (χ1v) is 6.82. The molecule has 0 bridgehead atoms. The van der Waals surface area contributed by atoms with Crippen molar-refractivity contribution in [3.63, 3.8) is 0 Å². The summed E-state index contributed by atoms with van der Waals surface area (Å²) in [7, 11) is 0. The van der Waals surface area contributed by atoms with Gasteiger partial charge in [-0.1, -0.05) is 45.1 Å². The van der Waals surface area contributed by atoms with Gasteiger partial charge in [0, 0.05) is 6.42 Å². The molecule has 3 heteroatoms. The van der Waals surface area contributed by atoms with Gasteiger partial charge < -0.3 is 4.74 Å². The summed E-state index contributed by atoms with van der Waals surface area (Å²) in [5.74, 6) is -0.283. The van der Waals surface area contributed by atoms with E-state index in [4.69, 9.17) is 4.74 Å². The lowest BCUT2D eigenvalue weighted by atomic mass is 10.1. The predicted octanol–water partition coefficient (Wildman–Crippen LogP) is 3.35. The van der Waals surface area contributed by atoms with E-state index in [9.17, 15) is 9.59 Å². The first-order chi connectivity index (χ1) is 8.74. The van der Waals surface area contributed by atoms with Crippen LogP contribution in [0.1, 0.15) is 51.9 Å². The number of rotatable bonds is 8. The number of unbranched alkanes of at least 4 members (excludes halogenated alkanes) is 5. The molecule has 0 fully saturated rings. The minimum Gasteiger partial charge on any atom is -0.462 e. The van der Waals surface area contributed by atoms with Crippen LogP contribution in [0.25, 0.3) is 0 Å². The van der Waals surface area contributed by atoms with Crippen LogP contribution in [0.15, 0.2) is 23.8 Å². The summed E-state index contributed by atoms with van der Waals surface area (Å²) >= 11 is 0. The smallest absolute Gasteiger partial charge is 0.337 e. The molecule has 0 N–H and O–H groups in total. The van der Waals surface area contributed by atoms with Gasteiger partial charge >= 0.3 is 5.97 Å². The van der Waals surface area contributed by atoms with Gasteiger partial charge in [-0.2, -0.15) is 0 Å². The van der Waals surface area contributed by atoms with E-state index < -0.39 is 0 Å². The van der Waals surface area contributed by atoms with Gasteiger partial charge in [-0.3, -0.25) is 4.79 Å². The molecule has 0 spiro atoms. The Morgan fingerprint density at radius 1 is 1.17 bits per heavy atom. The maximum absolute atomic E-state index is 11.6. The predicted molar refractivity (Wildman–Crippen MR) is 71.2 cm³/mol. The molecule has 1 aliphatic rings. The molecule has 0 unspecified atom stereocenters. The third kappa shape index (κ3) is 5.80. The Hall–Kier alpha value is -1.38. The maximum atomic E-state index is 11.6. The van der Waals surface area contributed by atoms with Crippen LogP contribution in [0.2, 0.25) is 0 Å². The Labute approximate surface area is 109 Å². The highest BCUT2D eigenvalue weighted by Gasteiger charge is 2.12. The van der Waals surface area contributed by atoms with Gasteiger partial charge in [0.25, 0.3) is 0 Å². The molecule has 0 aliphatic heterocycles. The van der Waals surface area contributed by atoms with Gasteiger partial charge in [-0.05, 0) is 18.6 Å². The number of allylic oxidation sites excluding steroid dienone is 2. The van der Waals surface area contributed by atoms with Crippen molar-refractivity contribution in [3.05, 3.63) is 23.8 Å². The van der Waals surface area contributed by atoms with E-state index >= 15 is 0 Å². The number of ketones is 1. The zero-order valence-corrected chi connectivity index (χ0v) is 11.1. The van der Waals surface area contributed by atoms with Crippen molar-refractivity contribution in [1.82, 2.24) is 0 Å². The maximum Gasteiger partial charge on any atom is 0.337 e. The molecule has 0 aromatic heterocycles. The Morgan fingerprint density at radius 3 is 2.56 bits per heavy atom. The summed E-state index contributed by atoms with van der Waals surface area (Å²) in [5, 5.41) is 0. The lowest BCUT2D eigenvalue weighted by Crippen LogP contribution is -2.10. The van der Waals surface area contributed by atoms with Crippen molar-refractivity contribution in [2.45, 2.75) is 51.9 Å². The van der Waals surface area contributed by atoms with Gasteiger partial charge in [0.05, 0.1) is 12.2 Å². The Morgan fingerprint density at radius 2 is 1.89 bits per heavy atom. The normalized spacial score (nSPS) is 14.5. The summed E-state index contributed by atoms with van der Waals surface area (Å²) in [6, 6.07) is 0. The molecule has 0 atom stereocenters. The monoisotopic (exact) mass is 250 g/mol. The molecule has 0 saturated heterocycles. The fourth-order valence-electron chi connectivity index (χ4n) is 1.81. The summed E-state index contributed by atoms with van der Waals surface area (Å²) in [5.41, 5.74) is 0.501. The lowest BCUT2D eigenvalue weighted by molar-refractivity contribution is -0.138. The topological polar surface area (TPSA) is 43.4 Å². The van der Waals surface area contributed by atoms with Crippen molar-refractivity contribution in [2.24, 2.45) is 0 Å². The lowest BCUT2D eigenvalue weighted by Gasteiger charge is -2.07. The summed E-state index contributed by atoms with van der Waals surface area (Å²) in [6.45, 7) is 2.67. The number of hydrogen-bond donors (Lipinski definition) is 0.